The van der Waals surface area contributed by atoms with Crippen molar-refractivity contribution in [3.05, 3.63) is 57.8 Å². The fourth-order valence-corrected chi connectivity index (χ4v) is 2.27. The number of nitrogens with one attached hydrogen (secondary N) is 1. The Labute approximate surface area is 131 Å². The van der Waals surface area contributed by atoms with Gasteiger partial charge < -0.3 is 15.0 Å². The number of hydrogen-bond donors (Lipinski definition) is 2. The Morgan fingerprint density at radius 1 is 1.24 bits per heavy atom. The molecule has 5 nitrogen and oxygen atoms in total. The summed E-state index contributed by atoms with van der Waals surface area (Å²) in [6.07, 6.45) is 0. The van der Waals surface area contributed by atoms with Gasteiger partial charge in [-0.25, -0.2) is 4.79 Å². The normalized spacial score (nSPS) is 12.0. The highest BCUT2D eigenvalue weighted by molar-refractivity contribution is 6.41. The van der Waals surface area contributed by atoms with Gasteiger partial charge in [0.2, 0.25) is 0 Å². The molecule has 2 N–H and O–H groups in total. The lowest BCUT2D eigenvalue weighted by molar-refractivity contribution is -0.139. The smallest absolute Gasteiger partial charge is 0.330 e. The molecule has 0 saturated carbocycles. The van der Waals surface area contributed by atoms with E-state index in [1.54, 1.807) is 37.4 Å². The summed E-state index contributed by atoms with van der Waals surface area (Å²) in [6, 6.07) is 8.67. The van der Waals surface area contributed by atoms with E-state index in [1.165, 1.54) is 10.6 Å². The number of aliphatic carboxylic acids is 1. The van der Waals surface area contributed by atoms with Crippen LogP contribution in [0.4, 0.5) is 0 Å². The molecule has 1 heterocycles. The molecule has 1 aromatic heterocycles. The van der Waals surface area contributed by atoms with E-state index < -0.39 is 17.9 Å². The molecule has 1 amide bonds. The Morgan fingerprint density at radius 3 is 2.33 bits per heavy atom. The average Bonchev–Trinajstić information content (AvgIpc) is 2.73. The van der Waals surface area contributed by atoms with Gasteiger partial charge in [0.25, 0.3) is 5.91 Å². The van der Waals surface area contributed by atoms with Gasteiger partial charge in [0.05, 0.1) is 5.02 Å². The zero-order chi connectivity index (χ0) is 15.6. The predicted molar refractivity (Wildman–Crippen MR) is 79.7 cm³/mol. The number of halogens is 2. The van der Waals surface area contributed by atoms with Gasteiger partial charge in [-0.1, -0.05) is 53.5 Å². The number of nitrogens with zero attached hydrogens (tertiary/aromatic N) is 1. The predicted octanol–water partition coefficient (Wildman–Crippen LogP) is 2.89. The van der Waals surface area contributed by atoms with Crippen molar-refractivity contribution < 1.29 is 14.7 Å². The summed E-state index contributed by atoms with van der Waals surface area (Å²) in [5.41, 5.74) is 0.664. The summed E-state index contributed by atoms with van der Waals surface area (Å²) < 4.78 is 1.39. The highest BCUT2D eigenvalue weighted by atomic mass is 35.5. The van der Waals surface area contributed by atoms with Crippen LogP contribution >= 0.6 is 23.2 Å². The maximum atomic E-state index is 12.2. The maximum absolute atomic E-state index is 12.2. The standard InChI is InChI=1S/C14H12Cl2N2O3/c1-18-10(7-9(15)12(18)16)13(19)17-11(14(20)21)8-5-3-2-4-6-8/h2-7,11H,1H3,(H,17,19)(H,20,21). The minimum absolute atomic E-state index is 0.187. The van der Waals surface area contributed by atoms with E-state index in [-0.39, 0.29) is 15.9 Å². The van der Waals surface area contributed by atoms with Crippen molar-refractivity contribution in [2.24, 2.45) is 7.05 Å². The van der Waals surface area contributed by atoms with Crippen LogP contribution in [0.25, 0.3) is 0 Å². The van der Waals surface area contributed by atoms with Gasteiger partial charge in [0.1, 0.15) is 10.8 Å². The van der Waals surface area contributed by atoms with Crippen molar-refractivity contribution in [1.29, 1.82) is 0 Å². The van der Waals surface area contributed by atoms with Gasteiger partial charge >= 0.3 is 5.97 Å². The van der Waals surface area contributed by atoms with Gasteiger partial charge in [0.15, 0.2) is 6.04 Å². The molecule has 0 radical (unpaired) electrons. The lowest BCUT2D eigenvalue weighted by Crippen LogP contribution is -2.34. The number of rotatable bonds is 4. The highest BCUT2D eigenvalue weighted by Gasteiger charge is 2.24. The van der Waals surface area contributed by atoms with Crippen LogP contribution in [0.15, 0.2) is 36.4 Å². The minimum Gasteiger partial charge on any atom is -0.479 e. The van der Waals surface area contributed by atoms with Gasteiger partial charge in [0, 0.05) is 7.05 Å². The van der Waals surface area contributed by atoms with E-state index in [0.29, 0.717) is 5.56 Å². The van der Waals surface area contributed by atoms with E-state index in [1.807, 2.05) is 0 Å². The molecule has 110 valence electrons. The first-order valence-electron chi connectivity index (χ1n) is 6.01. The van der Waals surface area contributed by atoms with Crippen molar-refractivity contribution in [1.82, 2.24) is 9.88 Å². The van der Waals surface area contributed by atoms with Crippen LogP contribution in [0.3, 0.4) is 0 Å². The van der Waals surface area contributed by atoms with E-state index in [2.05, 4.69) is 5.32 Å². The molecule has 0 fully saturated rings. The summed E-state index contributed by atoms with van der Waals surface area (Å²) in [7, 11) is 1.57. The van der Waals surface area contributed by atoms with Crippen LogP contribution in [0.2, 0.25) is 10.2 Å². The Bertz CT molecular complexity index is 683. The number of benzene rings is 1. The Hall–Kier alpha value is -1.98. The molecular weight excluding hydrogens is 315 g/mol. The van der Waals surface area contributed by atoms with E-state index in [0.717, 1.165) is 0 Å². The van der Waals surface area contributed by atoms with Crippen molar-refractivity contribution in [3.8, 4) is 0 Å². The number of amides is 1. The van der Waals surface area contributed by atoms with Crippen LogP contribution in [-0.4, -0.2) is 21.6 Å². The fourth-order valence-electron chi connectivity index (χ4n) is 1.90. The molecule has 0 aliphatic rings. The van der Waals surface area contributed by atoms with Gasteiger partial charge in [-0.05, 0) is 11.6 Å². The summed E-state index contributed by atoms with van der Waals surface area (Å²) in [4.78, 5) is 23.6. The number of hydrogen-bond acceptors (Lipinski definition) is 2. The van der Waals surface area contributed by atoms with Crippen molar-refractivity contribution in [2.75, 3.05) is 0 Å². The molecule has 7 heteroatoms. The molecule has 0 saturated heterocycles. The van der Waals surface area contributed by atoms with E-state index >= 15 is 0 Å². The van der Waals surface area contributed by atoms with Crippen LogP contribution in [0.5, 0.6) is 0 Å². The molecule has 0 aliphatic carbocycles. The average molecular weight is 327 g/mol. The first-order chi connectivity index (χ1) is 9.91. The molecule has 2 aromatic rings. The molecule has 1 unspecified atom stereocenters. The Balaban J connectivity index is 2.27. The second kappa shape index (κ2) is 6.20. The quantitative estimate of drug-likeness (QED) is 0.907. The van der Waals surface area contributed by atoms with Crippen molar-refractivity contribution in [3.63, 3.8) is 0 Å². The SMILES string of the molecule is Cn1c(C(=O)NC(C(=O)O)c2ccccc2)cc(Cl)c1Cl. The number of aromatic nitrogens is 1. The molecule has 1 aromatic carbocycles. The zero-order valence-corrected chi connectivity index (χ0v) is 12.5. The molecule has 1 atom stereocenters. The zero-order valence-electron chi connectivity index (χ0n) is 11.0. The van der Waals surface area contributed by atoms with Crippen LogP contribution in [0.1, 0.15) is 22.1 Å². The maximum Gasteiger partial charge on any atom is 0.330 e. The van der Waals surface area contributed by atoms with E-state index in [9.17, 15) is 14.7 Å². The topological polar surface area (TPSA) is 71.3 Å². The Morgan fingerprint density at radius 2 is 1.86 bits per heavy atom. The number of carbonyl (C=O) groups excluding carboxylic acids is 1. The minimum atomic E-state index is -1.15. The van der Waals surface area contributed by atoms with Gasteiger partial charge in [-0.15, -0.1) is 0 Å². The molecule has 0 spiro atoms. The lowest BCUT2D eigenvalue weighted by Gasteiger charge is -2.15. The highest BCUT2D eigenvalue weighted by Crippen LogP contribution is 2.25. The second-order valence-corrected chi connectivity index (χ2v) is 5.15. The summed E-state index contributed by atoms with van der Waals surface area (Å²) in [5, 5.41) is 12.2. The largest absolute Gasteiger partial charge is 0.479 e. The van der Waals surface area contributed by atoms with Crippen molar-refractivity contribution in [2.45, 2.75) is 6.04 Å². The summed E-state index contributed by atoms with van der Waals surface area (Å²) in [5.74, 6) is -1.72. The lowest BCUT2D eigenvalue weighted by atomic mass is 10.1. The monoisotopic (exact) mass is 326 g/mol. The number of carbonyl (C=O) groups is 2. The molecule has 0 aliphatic heterocycles. The molecular formula is C14H12Cl2N2O3. The third kappa shape index (κ3) is 3.20. The van der Waals surface area contributed by atoms with Crippen LogP contribution in [0, 0.1) is 0 Å². The fraction of sp³-hybridized carbons (Fsp3) is 0.143. The summed E-state index contributed by atoms with van der Waals surface area (Å²) in [6.45, 7) is 0. The van der Waals surface area contributed by atoms with Gasteiger partial charge in [-0.2, -0.15) is 0 Å². The number of carboxylic acids is 1. The first kappa shape index (κ1) is 15.4. The van der Waals surface area contributed by atoms with Crippen molar-refractivity contribution >= 4 is 35.1 Å². The molecule has 21 heavy (non-hydrogen) atoms. The third-order valence-electron chi connectivity index (χ3n) is 3.00. The Kier molecular flexibility index (Phi) is 4.55. The van der Waals surface area contributed by atoms with Crippen LogP contribution < -0.4 is 5.32 Å². The first-order valence-corrected chi connectivity index (χ1v) is 6.76. The third-order valence-corrected chi connectivity index (χ3v) is 3.85. The summed E-state index contributed by atoms with van der Waals surface area (Å²) >= 11 is 11.7. The van der Waals surface area contributed by atoms with Gasteiger partial charge in [-0.3, -0.25) is 4.79 Å². The van der Waals surface area contributed by atoms with E-state index in [4.69, 9.17) is 23.2 Å². The number of carboxylic acid groups (broad SMARTS) is 1. The van der Waals surface area contributed by atoms with Crippen LogP contribution in [-0.2, 0) is 11.8 Å². The molecule has 2 rings (SSSR count). The second-order valence-electron chi connectivity index (χ2n) is 4.38. The molecule has 0 bridgehead atoms.